The van der Waals surface area contributed by atoms with E-state index in [4.69, 9.17) is 16.3 Å². The molecule has 1 heterocycles. The number of nitrogens with one attached hydrogen (secondary N) is 1. The Morgan fingerprint density at radius 1 is 1.00 bits per heavy atom. The van der Waals surface area contributed by atoms with E-state index in [1.165, 1.54) is 6.92 Å². The van der Waals surface area contributed by atoms with E-state index in [2.05, 4.69) is 10.2 Å². The molecule has 2 aromatic rings. The maximum atomic E-state index is 12.4. The number of ether oxygens (including phenoxy) is 1. The number of esters is 1. The van der Waals surface area contributed by atoms with E-state index in [1.54, 1.807) is 29.2 Å². The second-order valence-corrected chi connectivity index (χ2v) is 7.39. The summed E-state index contributed by atoms with van der Waals surface area (Å²) in [7, 11) is 0. The zero-order chi connectivity index (χ0) is 21.5. The van der Waals surface area contributed by atoms with Crippen molar-refractivity contribution in [3.05, 3.63) is 65.2 Å². The van der Waals surface area contributed by atoms with Crippen LogP contribution in [0.5, 0.6) is 0 Å². The lowest BCUT2D eigenvalue weighted by Gasteiger charge is -2.36. The molecule has 1 atom stereocenters. The molecule has 0 aromatic heterocycles. The van der Waals surface area contributed by atoms with E-state index in [9.17, 15) is 14.4 Å². The molecule has 1 N–H and O–H groups in total. The van der Waals surface area contributed by atoms with Gasteiger partial charge in [-0.25, -0.2) is 4.79 Å². The van der Waals surface area contributed by atoms with Crippen molar-refractivity contribution in [2.45, 2.75) is 13.0 Å². The van der Waals surface area contributed by atoms with Crippen LogP contribution < -0.4 is 10.2 Å². The molecule has 1 aliphatic rings. The lowest BCUT2D eigenvalue weighted by molar-refractivity contribution is -0.153. The van der Waals surface area contributed by atoms with Crippen molar-refractivity contribution < 1.29 is 19.1 Å². The molecule has 2 aromatic carbocycles. The number of piperazine rings is 1. The second-order valence-electron chi connectivity index (χ2n) is 6.99. The van der Waals surface area contributed by atoms with Crippen LogP contribution >= 0.6 is 11.6 Å². The van der Waals surface area contributed by atoms with Gasteiger partial charge in [-0.2, -0.15) is 0 Å². The number of amides is 2. The third-order valence-corrected chi connectivity index (χ3v) is 5.24. The number of halogens is 1. The van der Waals surface area contributed by atoms with Crippen LogP contribution in [-0.4, -0.2) is 61.5 Å². The van der Waals surface area contributed by atoms with Gasteiger partial charge < -0.3 is 19.9 Å². The SMILES string of the molecule is C[C@@H](NC(=O)c1ccccc1Cl)C(=O)OCC(=O)N1CCN(c2ccccc2)CC1. The van der Waals surface area contributed by atoms with Crippen molar-refractivity contribution in [3.8, 4) is 0 Å². The molecule has 3 rings (SSSR count). The number of carbonyl (C=O) groups is 3. The Hall–Kier alpha value is -3.06. The van der Waals surface area contributed by atoms with E-state index in [1.807, 2.05) is 30.3 Å². The normalized spacial score (nSPS) is 14.7. The summed E-state index contributed by atoms with van der Waals surface area (Å²) in [5.74, 6) is -1.40. The number of hydrogen-bond acceptors (Lipinski definition) is 5. The predicted octanol–water partition coefficient (Wildman–Crippen LogP) is 2.35. The molecule has 1 fully saturated rings. The van der Waals surface area contributed by atoms with Crippen molar-refractivity contribution in [1.29, 1.82) is 0 Å². The molecular weight excluding hydrogens is 406 g/mol. The number of anilines is 1. The lowest BCUT2D eigenvalue weighted by atomic mass is 10.2. The Morgan fingerprint density at radius 2 is 1.63 bits per heavy atom. The summed E-state index contributed by atoms with van der Waals surface area (Å²) in [5, 5.41) is 2.83. The highest BCUT2D eigenvalue weighted by atomic mass is 35.5. The van der Waals surface area contributed by atoms with Gasteiger partial charge in [0.2, 0.25) is 0 Å². The number of hydrogen-bond donors (Lipinski definition) is 1. The standard InChI is InChI=1S/C22H24ClN3O4/c1-16(24-21(28)18-9-5-6-10-19(18)23)22(29)30-15-20(27)26-13-11-25(12-14-26)17-7-3-2-4-8-17/h2-10,16H,11-15H2,1H3,(H,24,28)/t16-/m1/s1. The molecule has 0 radical (unpaired) electrons. The Bertz CT molecular complexity index is 898. The monoisotopic (exact) mass is 429 g/mol. The lowest BCUT2D eigenvalue weighted by Crippen LogP contribution is -2.50. The first-order valence-corrected chi connectivity index (χ1v) is 10.1. The van der Waals surface area contributed by atoms with E-state index in [-0.39, 0.29) is 18.1 Å². The number of benzene rings is 2. The Morgan fingerprint density at radius 3 is 2.30 bits per heavy atom. The van der Waals surface area contributed by atoms with E-state index in [0.717, 1.165) is 5.69 Å². The maximum absolute atomic E-state index is 12.4. The van der Waals surface area contributed by atoms with E-state index >= 15 is 0 Å². The third-order valence-electron chi connectivity index (χ3n) is 4.91. The minimum absolute atomic E-state index is 0.249. The number of para-hydroxylation sites is 1. The number of rotatable bonds is 6. The smallest absolute Gasteiger partial charge is 0.328 e. The van der Waals surface area contributed by atoms with Gasteiger partial charge in [-0.3, -0.25) is 9.59 Å². The number of carbonyl (C=O) groups excluding carboxylic acids is 3. The van der Waals surface area contributed by atoms with Crippen LogP contribution in [0.25, 0.3) is 0 Å². The van der Waals surface area contributed by atoms with Gasteiger partial charge in [-0.05, 0) is 31.2 Å². The number of nitrogens with zero attached hydrogens (tertiary/aromatic N) is 2. The van der Waals surface area contributed by atoms with Crippen LogP contribution in [-0.2, 0) is 14.3 Å². The fourth-order valence-corrected chi connectivity index (χ4v) is 3.40. The summed E-state index contributed by atoms with van der Waals surface area (Å²) in [6.07, 6.45) is 0. The van der Waals surface area contributed by atoms with Crippen LogP contribution in [0.2, 0.25) is 5.02 Å². The van der Waals surface area contributed by atoms with Crippen molar-refractivity contribution in [3.63, 3.8) is 0 Å². The summed E-state index contributed by atoms with van der Waals surface area (Å²) in [6.45, 7) is 3.70. The molecule has 30 heavy (non-hydrogen) atoms. The average molecular weight is 430 g/mol. The zero-order valence-electron chi connectivity index (χ0n) is 16.7. The van der Waals surface area contributed by atoms with Gasteiger partial charge in [0.25, 0.3) is 11.8 Å². The predicted molar refractivity (Wildman–Crippen MR) is 115 cm³/mol. The van der Waals surface area contributed by atoms with Crippen LogP contribution in [0.15, 0.2) is 54.6 Å². The minimum Gasteiger partial charge on any atom is -0.454 e. The first-order valence-electron chi connectivity index (χ1n) is 9.75. The zero-order valence-corrected chi connectivity index (χ0v) is 17.5. The third kappa shape index (κ3) is 5.51. The largest absolute Gasteiger partial charge is 0.454 e. The molecule has 1 saturated heterocycles. The summed E-state index contributed by atoms with van der Waals surface area (Å²) in [6, 6.07) is 15.7. The molecule has 2 amide bonds. The fourth-order valence-electron chi connectivity index (χ4n) is 3.18. The first-order chi connectivity index (χ1) is 14.5. The Balaban J connectivity index is 1.42. The molecule has 0 spiro atoms. The summed E-state index contributed by atoms with van der Waals surface area (Å²) in [4.78, 5) is 40.7. The van der Waals surface area contributed by atoms with Crippen molar-refractivity contribution in [2.75, 3.05) is 37.7 Å². The first kappa shape index (κ1) is 21.6. The minimum atomic E-state index is -0.906. The molecule has 1 aliphatic heterocycles. The van der Waals surface area contributed by atoms with Gasteiger partial charge in [0, 0.05) is 31.9 Å². The van der Waals surface area contributed by atoms with Crippen LogP contribution in [0.4, 0.5) is 5.69 Å². The Labute approximate surface area is 180 Å². The molecule has 0 aliphatic carbocycles. The Kier molecular flexibility index (Phi) is 7.30. The van der Waals surface area contributed by atoms with Crippen LogP contribution in [0.1, 0.15) is 17.3 Å². The quantitative estimate of drug-likeness (QED) is 0.713. The molecule has 158 valence electrons. The fraction of sp³-hybridized carbons (Fsp3) is 0.318. The van der Waals surface area contributed by atoms with E-state index < -0.39 is 17.9 Å². The molecule has 8 heteroatoms. The average Bonchev–Trinajstić information content (AvgIpc) is 2.78. The molecule has 0 unspecified atom stereocenters. The van der Waals surface area contributed by atoms with Crippen molar-refractivity contribution >= 4 is 35.1 Å². The molecule has 0 saturated carbocycles. The van der Waals surface area contributed by atoms with Gasteiger partial charge >= 0.3 is 5.97 Å². The summed E-state index contributed by atoms with van der Waals surface area (Å²) in [5.41, 5.74) is 1.39. The topological polar surface area (TPSA) is 78.9 Å². The second kappa shape index (κ2) is 10.1. The van der Waals surface area contributed by atoms with Gasteiger partial charge in [0.05, 0.1) is 10.6 Å². The highest BCUT2D eigenvalue weighted by Gasteiger charge is 2.24. The van der Waals surface area contributed by atoms with Crippen molar-refractivity contribution in [2.24, 2.45) is 0 Å². The van der Waals surface area contributed by atoms with Gasteiger partial charge in [-0.15, -0.1) is 0 Å². The highest BCUT2D eigenvalue weighted by molar-refractivity contribution is 6.33. The van der Waals surface area contributed by atoms with E-state index in [0.29, 0.717) is 31.2 Å². The molecule has 0 bridgehead atoms. The summed E-state index contributed by atoms with van der Waals surface area (Å²) < 4.78 is 5.11. The van der Waals surface area contributed by atoms with Gasteiger partial charge in [0.15, 0.2) is 6.61 Å². The maximum Gasteiger partial charge on any atom is 0.328 e. The molecule has 7 nitrogen and oxygen atoms in total. The van der Waals surface area contributed by atoms with Crippen LogP contribution in [0.3, 0.4) is 0 Å². The van der Waals surface area contributed by atoms with Gasteiger partial charge in [-0.1, -0.05) is 41.9 Å². The molecular formula is C22H24ClN3O4. The van der Waals surface area contributed by atoms with Crippen molar-refractivity contribution in [1.82, 2.24) is 10.2 Å². The summed E-state index contributed by atoms with van der Waals surface area (Å²) >= 11 is 5.99. The van der Waals surface area contributed by atoms with Crippen LogP contribution in [0, 0.1) is 0 Å². The van der Waals surface area contributed by atoms with Gasteiger partial charge in [0.1, 0.15) is 6.04 Å². The highest BCUT2D eigenvalue weighted by Crippen LogP contribution is 2.16.